The largest absolute Gasteiger partial charge is 0.335 e. The van der Waals surface area contributed by atoms with Crippen molar-refractivity contribution >= 4 is 45.0 Å². The summed E-state index contributed by atoms with van der Waals surface area (Å²) >= 11 is 1.70. The molecule has 5 heterocycles. The van der Waals surface area contributed by atoms with Crippen LogP contribution >= 0.6 is 11.3 Å². The van der Waals surface area contributed by atoms with Gasteiger partial charge in [0.25, 0.3) is 0 Å². The van der Waals surface area contributed by atoms with Gasteiger partial charge >= 0.3 is 0 Å². The maximum absolute atomic E-state index is 15.2. The fourth-order valence-corrected chi connectivity index (χ4v) is 5.39. The Hall–Kier alpha value is -4.44. The summed E-state index contributed by atoms with van der Waals surface area (Å²) in [6, 6.07) is 11.2. The molecule has 6 aromatic rings. The number of nitrogens with zero attached hydrogens (tertiary/aromatic N) is 4. The van der Waals surface area contributed by atoms with Crippen molar-refractivity contribution in [3.8, 4) is 33.1 Å². The van der Waals surface area contributed by atoms with Gasteiger partial charge in [-0.15, -0.1) is 11.3 Å². The number of thiophene rings is 1. The molecule has 37 heavy (non-hydrogen) atoms. The third-order valence-corrected chi connectivity index (χ3v) is 7.57. The minimum absolute atomic E-state index is 0.00623. The smallest absolute Gasteiger partial charge is 0.227 e. The van der Waals surface area contributed by atoms with Crippen molar-refractivity contribution in [3.63, 3.8) is 0 Å². The summed E-state index contributed by atoms with van der Waals surface area (Å²) in [5, 5.41) is 10.6. The number of imidazole rings is 1. The van der Waals surface area contributed by atoms with E-state index in [4.69, 9.17) is 0 Å². The van der Waals surface area contributed by atoms with Gasteiger partial charge in [0.05, 0.1) is 17.4 Å². The molecule has 0 saturated heterocycles. The van der Waals surface area contributed by atoms with Gasteiger partial charge in [0, 0.05) is 44.6 Å². The number of hydrogen-bond acceptors (Lipinski definition) is 6. The molecule has 1 aliphatic rings. The summed E-state index contributed by atoms with van der Waals surface area (Å²) < 4.78 is 15.2. The predicted molar refractivity (Wildman–Crippen MR) is 142 cm³/mol. The van der Waals surface area contributed by atoms with Gasteiger partial charge in [-0.1, -0.05) is 0 Å². The first-order valence-corrected chi connectivity index (χ1v) is 12.7. The van der Waals surface area contributed by atoms with E-state index >= 15 is 4.39 Å². The maximum Gasteiger partial charge on any atom is 0.227 e. The molecule has 0 atom stereocenters. The highest BCUT2D eigenvalue weighted by Crippen LogP contribution is 2.36. The number of fused-ring (bicyclic) bond motifs is 2. The summed E-state index contributed by atoms with van der Waals surface area (Å²) in [6.45, 7) is 2.07. The van der Waals surface area contributed by atoms with Crippen LogP contribution in [0.1, 0.15) is 17.7 Å². The third kappa shape index (κ3) is 3.86. The summed E-state index contributed by atoms with van der Waals surface area (Å²) in [5.41, 5.74) is 5.05. The first-order chi connectivity index (χ1) is 18.0. The van der Waals surface area contributed by atoms with Gasteiger partial charge in [-0.2, -0.15) is 5.10 Å². The molecular weight excluding hydrogens is 489 g/mol. The lowest BCUT2D eigenvalue weighted by Gasteiger charge is -2.07. The van der Waals surface area contributed by atoms with Gasteiger partial charge in [-0.05, 0) is 61.7 Å². The molecule has 1 aliphatic carbocycles. The number of amides is 1. The van der Waals surface area contributed by atoms with E-state index in [1.165, 1.54) is 10.9 Å². The molecule has 0 bridgehead atoms. The summed E-state index contributed by atoms with van der Waals surface area (Å²) in [7, 11) is 0. The van der Waals surface area contributed by atoms with E-state index in [-0.39, 0.29) is 17.3 Å². The van der Waals surface area contributed by atoms with Gasteiger partial charge in [0.1, 0.15) is 11.2 Å². The van der Waals surface area contributed by atoms with E-state index in [1.807, 2.05) is 12.1 Å². The highest BCUT2D eigenvalue weighted by molar-refractivity contribution is 7.15. The molecule has 8 nitrogen and oxygen atoms in total. The third-order valence-electron chi connectivity index (χ3n) is 6.53. The van der Waals surface area contributed by atoms with Crippen LogP contribution in [0.5, 0.6) is 0 Å². The second kappa shape index (κ2) is 8.31. The van der Waals surface area contributed by atoms with Crippen molar-refractivity contribution in [3.05, 3.63) is 65.7 Å². The number of anilines is 1. The Morgan fingerprint density at radius 3 is 2.84 bits per heavy atom. The highest BCUT2D eigenvalue weighted by atomic mass is 32.1. The van der Waals surface area contributed by atoms with Crippen molar-refractivity contribution in [1.82, 2.24) is 30.1 Å². The quantitative estimate of drug-likeness (QED) is 0.260. The standard InChI is InChI=1S/C27H20FN7OS/c1-13-2-5-21(37-13)18-6-7-30-25-23(18)32-26(33-25)24-19-9-15(10-20(28)22(19)34-35-24)16-8-17(12-29-11-16)31-27(36)14-3-4-14/h2,5-12,14H,3-4H2,1H3,(H,31,36)(H,34,35)(H,30,32,33). The molecule has 7 rings (SSSR count). The molecule has 0 unspecified atom stereocenters. The number of aryl methyl sites for hydroxylation is 1. The van der Waals surface area contributed by atoms with Gasteiger partial charge in [-0.3, -0.25) is 14.9 Å². The monoisotopic (exact) mass is 509 g/mol. The SMILES string of the molecule is Cc1ccc(-c2ccnc3nc(-c4[nH]nc5c(F)cc(-c6cncc(NC(=O)C7CC7)c6)cc45)[nH]c23)s1. The topological polar surface area (TPSA) is 112 Å². The van der Waals surface area contributed by atoms with Crippen LogP contribution in [-0.2, 0) is 4.79 Å². The van der Waals surface area contributed by atoms with E-state index < -0.39 is 5.82 Å². The van der Waals surface area contributed by atoms with Crippen LogP contribution in [0.25, 0.3) is 55.2 Å². The number of aromatic amines is 2. The fourth-order valence-electron chi connectivity index (χ4n) is 4.49. The number of benzene rings is 1. The van der Waals surface area contributed by atoms with Crippen LogP contribution < -0.4 is 5.32 Å². The molecule has 1 fully saturated rings. The van der Waals surface area contributed by atoms with Crippen LogP contribution in [0.2, 0.25) is 0 Å². The zero-order valence-corrected chi connectivity index (χ0v) is 20.5. The van der Waals surface area contributed by atoms with E-state index in [0.29, 0.717) is 39.4 Å². The Labute approximate surface area is 214 Å². The lowest BCUT2D eigenvalue weighted by atomic mass is 10.0. The van der Waals surface area contributed by atoms with Crippen LogP contribution in [-0.4, -0.2) is 36.0 Å². The number of rotatable bonds is 5. The Morgan fingerprint density at radius 1 is 1.14 bits per heavy atom. The number of pyridine rings is 2. The zero-order chi connectivity index (χ0) is 25.1. The summed E-state index contributed by atoms with van der Waals surface area (Å²) in [5.74, 6) is 0.124. The number of hydrogen-bond donors (Lipinski definition) is 3. The van der Waals surface area contributed by atoms with E-state index in [0.717, 1.165) is 28.8 Å². The Kier molecular flexibility index (Phi) is 4.90. The van der Waals surface area contributed by atoms with E-state index in [1.54, 1.807) is 36.0 Å². The summed E-state index contributed by atoms with van der Waals surface area (Å²) in [4.78, 5) is 31.3. The predicted octanol–water partition coefficient (Wildman–Crippen LogP) is 6.09. The number of aromatic nitrogens is 6. The Morgan fingerprint density at radius 2 is 2.03 bits per heavy atom. The molecule has 1 amide bonds. The molecule has 182 valence electrons. The number of carbonyl (C=O) groups is 1. The van der Waals surface area contributed by atoms with Gasteiger partial charge in [0.2, 0.25) is 5.91 Å². The number of H-pyrrole nitrogens is 2. The highest BCUT2D eigenvalue weighted by Gasteiger charge is 2.29. The summed E-state index contributed by atoms with van der Waals surface area (Å²) in [6.07, 6.45) is 6.80. The van der Waals surface area contributed by atoms with Crippen LogP contribution in [0.4, 0.5) is 10.1 Å². The van der Waals surface area contributed by atoms with Crippen LogP contribution in [0, 0.1) is 18.7 Å². The molecule has 5 aromatic heterocycles. The van der Waals surface area contributed by atoms with Crippen molar-refractivity contribution in [2.45, 2.75) is 19.8 Å². The Bertz CT molecular complexity index is 1830. The first-order valence-electron chi connectivity index (χ1n) is 11.9. The average molecular weight is 510 g/mol. The lowest BCUT2D eigenvalue weighted by molar-refractivity contribution is -0.117. The lowest BCUT2D eigenvalue weighted by Crippen LogP contribution is -2.13. The number of nitrogens with one attached hydrogen (secondary N) is 3. The molecule has 1 saturated carbocycles. The molecular formula is C27H20FN7OS. The van der Waals surface area contributed by atoms with Crippen LogP contribution in [0.15, 0.2) is 55.0 Å². The van der Waals surface area contributed by atoms with Gasteiger partial charge < -0.3 is 10.3 Å². The average Bonchev–Trinajstić information content (AvgIpc) is 3.29. The second-order valence-electron chi connectivity index (χ2n) is 9.23. The fraction of sp³-hybridized carbons (Fsp3) is 0.148. The molecule has 10 heteroatoms. The van der Waals surface area contributed by atoms with Crippen molar-refractivity contribution in [2.75, 3.05) is 5.32 Å². The molecule has 0 aliphatic heterocycles. The minimum atomic E-state index is -0.466. The molecule has 3 N–H and O–H groups in total. The van der Waals surface area contributed by atoms with Crippen LogP contribution in [0.3, 0.4) is 0 Å². The molecule has 0 radical (unpaired) electrons. The van der Waals surface area contributed by atoms with Gasteiger partial charge in [-0.25, -0.2) is 14.4 Å². The Balaban J connectivity index is 1.31. The molecule has 0 spiro atoms. The molecule has 1 aromatic carbocycles. The number of carbonyl (C=O) groups excluding carboxylic acids is 1. The van der Waals surface area contributed by atoms with Crippen molar-refractivity contribution in [2.24, 2.45) is 5.92 Å². The van der Waals surface area contributed by atoms with E-state index in [9.17, 15) is 4.79 Å². The second-order valence-corrected chi connectivity index (χ2v) is 10.5. The van der Waals surface area contributed by atoms with Gasteiger partial charge in [0.15, 0.2) is 17.3 Å². The minimum Gasteiger partial charge on any atom is -0.335 e. The first kappa shape index (κ1) is 21.8. The van der Waals surface area contributed by atoms with Crippen molar-refractivity contribution in [1.29, 1.82) is 0 Å². The number of halogens is 1. The van der Waals surface area contributed by atoms with E-state index in [2.05, 4.69) is 54.5 Å². The maximum atomic E-state index is 15.2. The normalized spacial score (nSPS) is 13.5. The van der Waals surface area contributed by atoms with Crippen molar-refractivity contribution < 1.29 is 9.18 Å². The zero-order valence-electron chi connectivity index (χ0n) is 19.7.